The lowest BCUT2D eigenvalue weighted by molar-refractivity contribution is 0.145. The van der Waals surface area contributed by atoms with Gasteiger partial charge in [-0.15, -0.1) is 5.92 Å². The van der Waals surface area contributed by atoms with Crippen LogP contribution in [0.25, 0.3) is 0 Å². The molecule has 0 unspecified atom stereocenters. The van der Waals surface area contributed by atoms with Gasteiger partial charge in [0.25, 0.3) is 0 Å². The van der Waals surface area contributed by atoms with Gasteiger partial charge in [0, 0.05) is 0 Å². The first-order valence-electron chi connectivity index (χ1n) is 5.09. The number of ether oxygens (including phenoxy) is 2. The average molecular weight is 202 g/mol. The molecule has 0 radical (unpaired) electrons. The fraction of sp³-hybridized carbons (Fsp3) is 0.385. The minimum atomic E-state index is 0.214. The minimum Gasteiger partial charge on any atom is -0.366 e. The smallest absolute Gasteiger partial charge is 0.112 e. The Hall–Kier alpha value is -1.30. The van der Waals surface area contributed by atoms with Gasteiger partial charge in [-0.1, -0.05) is 36.3 Å². The van der Waals surface area contributed by atoms with Crippen molar-refractivity contribution in [1.82, 2.24) is 0 Å². The Balaban J connectivity index is 1.74. The van der Waals surface area contributed by atoms with Crippen LogP contribution in [0.1, 0.15) is 18.6 Å². The molecule has 0 bridgehead atoms. The number of rotatable bonds is 4. The first-order valence-corrected chi connectivity index (χ1v) is 5.09. The molecule has 0 spiro atoms. The summed E-state index contributed by atoms with van der Waals surface area (Å²) in [5, 5.41) is 0. The first kappa shape index (κ1) is 10.2. The molecule has 1 aliphatic rings. The Kier molecular flexibility index (Phi) is 3.39. The van der Waals surface area contributed by atoms with Gasteiger partial charge in [0.15, 0.2) is 0 Å². The lowest BCUT2D eigenvalue weighted by atomic mass is 10.1. The van der Waals surface area contributed by atoms with Crippen molar-refractivity contribution in [2.45, 2.75) is 19.1 Å². The highest BCUT2D eigenvalue weighted by Crippen LogP contribution is 2.38. The molecule has 1 aromatic rings. The van der Waals surface area contributed by atoms with Crippen molar-refractivity contribution in [3.8, 4) is 11.8 Å². The molecule has 0 saturated carbocycles. The highest BCUT2D eigenvalue weighted by molar-refractivity contribution is 5.22. The zero-order valence-electron chi connectivity index (χ0n) is 8.77. The quantitative estimate of drug-likeness (QED) is 0.424. The second-order valence-electron chi connectivity index (χ2n) is 3.45. The van der Waals surface area contributed by atoms with Crippen molar-refractivity contribution in [3.05, 3.63) is 35.9 Å². The molecule has 2 heteroatoms. The van der Waals surface area contributed by atoms with E-state index in [-0.39, 0.29) is 12.2 Å². The van der Waals surface area contributed by atoms with Crippen LogP contribution in [0.15, 0.2) is 30.3 Å². The Morgan fingerprint density at radius 1 is 1.33 bits per heavy atom. The minimum absolute atomic E-state index is 0.214. The van der Waals surface area contributed by atoms with Crippen LogP contribution in [0.4, 0.5) is 0 Å². The molecular formula is C13H14O2. The van der Waals surface area contributed by atoms with Gasteiger partial charge in [-0.05, 0) is 12.5 Å². The summed E-state index contributed by atoms with van der Waals surface area (Å²) in [5.74, 6) is 5.65. The third-order valence-corrected chi connectivity index (χ3v) is 2.34. The van der Waals surface area contributed by atoms with E-state index in [0.29, 0.717) is 13.2 Å². The van der Waals surface area contributed by atoms with Crippen LogP contribution in [-0.2, 0) is 9.47 Å². The lowest BCUT2D eigenvalue weighted by Gasteiger charge is -1.96. The third-order valence-electron chi connectivity index (χ3n) is 2.34. The number of hydrogen-bond acceptors (Lipinski definition) is 2. The molecule has 0 N–H and O–H groups in total. The van der Waals surface area contributed by atoms with Crippen LogP contribution >= 0.6 is 0 Å². The molecular weight excluding hydrogens is 188 g/mol. The highest BCUT2D eigenvalue weighted by Gasteiger charge is 2.39. The van der Waals surface area contributed by atoms with Crippen LogP contribution in [0.5, 0.6) is 0 Å². The van der Waals surface area contributed by atoms with Crippen molar-refractivity contribution in [2.24, 2.45) is 0 Å². The summed E-state index contributed by atoms with van der Waals surface area (Å²) < 4.78 is 10.9. The molecule has 1 heterocycles. The van der Waals surface area contributed by atoms with Gasteiger partial charge >= 0.3 is 0 Å². The van der Waals surface area contributed by atoms with Gasteiger partial charge in [-0.25, -0.2) is 0 Å². The molecule has 1 aromatic carbocycles. The Morgan fingerprint density at radius 2 is 2.13 bits per heavy atom. The summed E-state index contributed by atoms with van der Waals surface area (Å²) >= 11 is 0. The van der Waals surface area contributed by atoms with Gasteiger partial charge in [0.1, 0.15) is 18.8 Å². The molecule has 15 heavy (non-hydrogen) atoms. The lowest BCUT2D eigenvalue weighted by Crippen LogP contribution is -2.02. The molecule has 2 atom stereocenters. The summed E-state index contributed by atoms with van der Waals surface area (Å²) in [6, 6.07) is 10.2. The topological polar surface area (TPSA) is 21.8 Å². The van der Waals surface area contributed by atoms with E-state index in [1.807, 2.05) is 25.1 Å². The third kappa shape index (κ3) is 2.82. The van der Waals surface area contributed by atoms with E-state index in [1.165, 1.54) is 5.56 Å². The van der Waals surface area contributed by atoms with E-state index in [4.69, 9.17) is 9.47 Å². The predicted molar refractivity (Wildman–Crippen MR) is 58.3 cm³/mol. The molecule has 0 aliphatic carbocycles. The van der Waals surface area contributed by atoms with Crippen molar-refractivity contribution >= 4 is 0 Å². The fourth-order valence-corrected chi connectivity index (χ4v) is 1.50. The van der Waals surface area contributed by atoms with Crippen molar-refractivity contribution in [2.75, 3.05) is 13.2 Å². The standard InChI is InChI=1S/C13H14O2/c1-2-3-9-14-10-12-13(15-12)11-7-5-4-6-8-11/h4-8,12-13H,9-10H2,1H3/t12-,13-/m1/s1. The zero-order chi connectivity index (χ0) is 10.5. The van der Waals surface area contributed by atoms with Crippen LogP contribution in [-0.4, -0.2) is 19.3 Å². The second-order valence-corrected chi connectivity index (χ2v) is 3.45. The molecule has 78 valence electrons. The monoisotopic (exact) mass is 202 g/mol. The van der Waals surface area contributed by atoms with E-state index in [0.717, 1.165) is 0 Å². The van der Waals surface area contributed by atoms with E-state index in [1.54, 1.807) is 0 Å². The van der Waals surface area contributed by atoms with Crippen LogP contribution in [0.2, 0.25) is 0 Å². The SMILES string of the molecule is CC#CCOC[C@H]1O[C@@H]1c1ccccc1. The van der Waals surface area contributed by atoms with Gasteiger partial charge in [0.2, 0.25) is 0 Å². The van der Waals surface area contributed by atoms with Crippen molar-refractivity contribution in [3.63, 3.8) is 0 Å². The Morgan fingerprint density at radius 3 is 2.87 bits per heavy atom. The normalized spacial score (nSPS) is 23.0. The summed E-state index contributed by atoms with van der Waals surface area (Å²) in [6.07, 6.45) is 0.437. The van der Waals surface area contributed by atoms with Gasteiger partial charge in [-0.3, -0.25) is 0 Å². The number of benzene rings is 1. The maximum absolute atomic E-state index is 5.51. The average Bonchev–Trinajstić information content (AvgIpc) is 3.05. The van der Waals surface area contributed by atoms with E-state index >= 15 is 0 Å². The Labute approximate surface area is 90.2 Å². The van der Waals surface area contributed by atoms with Gasteiger partial charge in [-0.2, -0.15) is 0 Å². The first-order chi connectivity index (χ1) is 7.42. The molecule has 2 nitrogen and oxygen atoms in total. The summed E-state index contributed by atoms with van der Waals surface area (Å²) in [7, 11) is 0. The molecule has 0 amide bonds. The largest absolute Gasteiger partial charge is 0.366 e. The maximum atomic E-state index is 5.51. The second kappa shape index (κ2) is 4.97. The van der Waals surface area contributed by atoms with Crippen molar-refractivity contribution < 1.29 is 9.47 Å². The van der Waals surface area contributed by atoms with E-state index < -0.39 is 0 Å². The molecule has 1 aliphatic heterocycles. The highest BCUT2D eigenvalue weighted by atomic mass is 16.6. The van der Waals surface area contributed by atoms with Gasteiger partial charge in [0.05, 0.1) is 6.61 Å². The molecule has 1 saturated heterocycles. The number of hydrogen-bond donors (Lipinski definition) is 0. The van der Waals surface area contributed by atoms with E-state index in [2.05, 4.69) is 24.0 Å². The zero-order valence-corrected chi connectivity index (χ0v) is 8.77. The molecule has 1 fully saturated rings. The van der Waals surface area contributed by atoms with Gasteiger partial charge < -0.3 is 9.47 Å². The van der Waals surface area contributed by atoms with Crippen LogP contribution in [0.3, 0.4) is 0 Å². The Bertz CT molecular complexity index is 361. The maximum Gasteiger partial charge on any atom is 0.112 e. The summed E-state index contributed by atoms with van der Waals surface area (Å²) in [6.45, 7) is 2.94. The predicted octanol–water partition coefficient (Wildman–Crippen LogP) is 2.17. The number of epoxide rings is 1. The summed E-state index contributed by atoms with van der Waals surface area (Å²) in [5.41, 5.74) is 1.23. The van der Waals surface area contributed by atoms with Crippen LogP contribution in [0, 0.1) is 11.8 Å². The fourth-order valence-electron chi connectivity index (χ4n) is 1.50. The van der Waals surface area contributed by atoms with E-state index in [9.17, 15) is 0 Å². The molecule has 0 aromatic heterocycles. The van der Waals surface area contributed by atoms with Crippen LogP contribution < -0.4 is 0 Å². The molecule has 2 rings (SSSR count). The van der Waals surface area contributed by atoms with Crippen molar-refractivity contribution in [1.29, 1.82) is 0 Å². The summed E-state index contributed by atoms with van der Waals surface area (Å²) in [4.78, 5) is 0.